The highest BCUT2D eigenvalue weighted by molar-refractivity contribution is 8.00. The molecule has 9 heteroatoms. The second-order valence-electron chi connectivity index (χ2n) is 7.69. The van der Waals surface area contributed by atoms with Crippen LogP contribution in [0, 0.1) is 22.7 Å². The summed E-state index contributed by atoms with van der Waals surface area (Å²) in [6, 6.07) is 13.5. The first-order valence-corrected chi connectivity index (χ1v) is 12.5. The summed E-state index contributed by atoms with van der Waals surface area (Å²) in [6.07, 6.45) is 2.97. The Hall–Kier alpha value is -2.72. The lowest BCUT2D eigenvalue weighted by Crippen LogP contribution is -2.36. The normalized spacial score (nSPS) is 18.7. The van der Waals surface area contributed by atoms with Crippen LogP contribution in [0.2, 0.25) is 0 Å². The van der Waals surface area contributed by atoms with E-state index in [1.165, 1.54) is 0 Å². The average molecular weight is 468 g/mol. The number of benzene rings is 1. The fourth-order valence-corrected chi connectivity index (χ4v) is 5.78. The van der Waals surface area contributed by atoms with Crippen molar-refractivity contribution < 1.29 is 9.90 Å². The molecule has 3 N–H and O–H groups in total. The molecular formula is C23H25N5O2S2. The number of primary amides is 1. The van der Waals surface area contributed by atoms with Crippen LogP contribution >= 0.6 is 23.5 Å². The topological polar surface area (TPSA) is 127 Å². The zero-order chi connectivity index (χ0) is 23.3. The Balaban J connectivity index is 2.10. The second kappa shape index (κ2) is 10.3. The van der Waals surface area contributed by atoms with Crippen LogP contribution in [0.25, 0.3) is 0 Å². The lowest BCUT2D eigenvalue weighted by molar-refractivity contribution is -0.117. The van der Waals surface area contributed by atoms with Crippen LogP contribution in [-0.2, 0) is 11.2 Å². The van der Waals surface area contributed by atoms with Gasteiger partial charge in [0.25, 0.3) is 0 Å². The molecule has 0 saturated carbocycles. The molecule has 0 radical (unpaired) electrons. The number of carbonyl (C=O) groups is 1. The summed E-state index contributed by atoms with van der Waals surface area (Å²) >= 11 is 2.69. The molecule has 0 spiro atoms. The number of hydrogen-bond acceptors (Lipinski definition) is 8. The Morgan fingerprint density at radius 3 is 2.56 bits per heavy atom. The van der Waals surface area contributed by atoms with Crippen molar-refractivity contribution in [3.8, 4) is 12.1 Å². The van der Waals surface area contributed by atoms with Gasteiger partial charge in [0.05, 0.1) is 16.7 Å². The second-order valence-corrected chi connectivity index (χ2v) is 9.65. The van der Waals surface area contributed by atoms with Gasteiger partial charge in [-0.3, -0.25) is 4.79 Å². The van der Waals surface area contributed by atoms with Gasteiger partial charge in [0, 0.05) is 18.8 Å². The number of carbonyl (C=O) groups excluding carboxylic acids is 1. The summed E-state index contributed by atoms with van der Waals surface area (Å²) in [5, 5.41) is 30.3. The number of β-amino-alcohol motifs (C(OH)–C–C–N with tert-alkyl or cyclic N) is 1. The molecule has 0 aliphatic carbocycles. The van der Waals surface area contributed by atoms with Crippen LogP contribution in [0.3, 0.4) is 0 Å². The van der Waals surface area contributed by atoms with Crippen molar-refractivity contribution in [3.63, 3.8) is 0 Å². The molecule has 1 aliphatic rings. The minimum atomic E-state index is -0.860. The van der Waals surface area contributed by atoms with E-state index in [-0.39, 0.29) is 0 Å². The van der Waals surface area contributed by atoms with Crippen molar-refractivity contribution in [2.24, 2.45) is 5.73 Å². The van der Waals surface area contributed by atoms with E-state index in [0.717, 1.165) is 17.3 Å². The Labute approximate surface area is 196 Å². The number of nitrogens with two attached hydrogens (primary N) is 1. The molecule has 2 atom stereocenters. The quantitative estimate of drug-likeness (QED) is 0.567. The number of rotatable bonds is 8. The number of aromatic nitrogens is 1. The lowest BCUT2D eigenvalue weighted by atomic mass is 10.0. The van der Waals surface area contributed by atoms with Crippen molar-refractivity contribution in [3.05, 3.63) is 52.6 Å². The van der Waals surface area contributed by atoms with Gasteiger partial charge in [-0.25, -0.2) is 4.98 Å². The molecule has 1 aromatic heterocycles. The van der Waals surface area contributed by atoms with Gasteiger partial charge in [-0.1, -0.05) is 49.0 Å². The van der Waals surface area contributed by atoms with E-state index in [0.29, 0.717) is 59.2 Å². The van der Waals surface area contributed by atoms with Crippen molar-refractivity contribution in [1.82, 2.24) is 4.98 Å². The molecule has 0 bridgehead atoms. The molecule has 7 nitrogen and oxygen atoms in total. The molecule has 1 aliphatic heterocycles. The summed E-state index contributed by atoms with van der Waals surface area (Å²) in [7, 11) is 0. The Bertz CT molecular complexity index is 1080. The van der Waals surface area contributed by atoms with Crippen molar-refractivity contribution in [2.45, 2.75) is 35.6 Å². The lowest BCUT2D eigenvalue weighted by Gasteiger charge is -2.25. The summed E-state index contributed by atoms with van der Waals surface area (Å²) in [5.41, 5.74) is 6.78. The number of hydrogen-bond donors (Lipinski definition) is 2. The zero-order valence-electron chi connectivity index (χ0n) is 18.0. The Morgan fingerprint density at radius 1 is 1.31 bits per heavy atom. The fraction of sp³-hybridized carbons (Fsp3) is 0.391. The molecule has 1 fully saturated rings. The summed E-state index contributed by atoms with van der Waals surface area (Å²) in [5.74, 6) is 0.493. The van der Waals surface area contributed by atoms with E-state index in [1.54, 1.807) is 11.8 Å². The van der Waals surface area contributed by atoms with E-state index in [1.807, 2.05) is 48.4 Å². The summed E-state index contributed by atoms with van der Waals surface area (Å²) in [6.45, 7) is 2.79. The van der Waals surface area contributed by atoms with Crippen LogP contribution in [0.15, 0.2) is 35.4 Å². The van der Waals surface area contributed by atoms with Crippen molar-refractivity contribution in [1.29, 1.82) is 10.5 Å². The number of anilines is 1. The highest BCUT2D eigenvalue weighted by Gasteiger charge is 2.38. The third-order valence-electron chi connectivity index (χ3n) is 5.46. The molecule has 1 saturated heterocycles. The van der Waals surface area contributed by atoms with Crippen molar-refractivity contribution >= 4 is 35.2 Å². The summed E-state index contributed by atoms with van der Waals surface area (Å²) < 4.78 is 0. The standard InChI is InChI=1S/C23H25N5O2S2/c1-3-16-17(11-24)21(28-10-9-23(30,13-28)14-31-2)27-22(18(16)12-25)32-19(20(26)29)15-7-5-4-6-8-15/h4-8,19,30H,3,9-10,13-14H2,1-2H3,(H2,26,29). The number of pyridine rings is 1. The van der Waals surface area contributed by atoms with Gasteiger partial charge in [0.2, 0.25) is 5.91 Å². The molecule has 3 rings (SSSR count). The molecule has 1 amide bonds. The van der Waals surface area contributed by atoms with E-state index >= 15 is 0 Å². The number of nitriles is 2. The molecular weight excluding hydrogens is 442 g/mol. The van der Waals surface area contributed by atoms with Crippen LogP contribution in [0.1, 0.15) is 40.8 Å². The number of thioether (sulfide) groups is 2. The van der Waals surface area contributed by atoms with E-state index in [9.17, 15) is 20.4 Å². The third kappa shape index (κ3) is 4.86. The molecule has 1 aromatic carbocycles. The van der Waals surface area contributed by atoms with Gasteiger partial charge < -0.3 is 15.7 Å². The first kappa shape index (κ1) is 23.9. The number of aliphatic hydroxyl groups is 1. The van der Waals surface area contributed by atoms with Gasteiger partial charge >= 0.3 is 0 Å². The SMILES string of the molecule is CCc1c(C#N)c(SC(C(N)=O)c2ccccc2)nc(N2CCC(O)(CSC)C2)c1C#N. The van der Waals surface area contributed by atoms with Crippen LogP contribution in [0.5, 0.6) is 0 Å². The van der Waals surface area contributed by atoms with Crippen molar-refractivity contribution in [2.75, 3.05) is 30.0 Å². The zero-order valence-corrected chi connectivity index (χ0v) is 19.7. The highest BCUT2D eigenvalue weighted by Crippen LogP contribution is 2.40. The Kier molecular flexibility index (Phi) is 7.68. The van der Waals surface area contributed by atoms with Gasteiger partial charge in [0.15, 0.2) is 0 Å². The minimum Gasteiger partial charge on any atom is -0.387 e. The van der Waals surface area contributed by atoms with Gasteiger partial charge in [-0.15, -0.1) is 0 Å². The van der Waals surface area contributed by atoms with Gasteiger partial charge in [-0.2, -0.15) is 22.3 Å². The van der Waals surface area contributed by atoms with E-state index in [4.69, 9.17) is 10.7 Å². The van der Waals surface area contributed by atoms with Gasteiger partial charge in [0.1, 0.15) is 28.2 Å². The Morgan fingerprint density at radius 2 is 2.00 bits per heavy atom. The maximum atomic E-state index is 12.3. The molecule has 2 unspecified atom stereocenters. The van der Waals surface area contributed by atoms with Crippen LogP contribution in [0.4, 0.5) is 5.82 Å². The molecule has 166 valence electrons. The maximum Gasteiger partial charge on any atom is 0.235 e. The number of amides is 1. The van der Waals surface area contributed by atoms with Crippen LogP contribution < -0.4 is 10.6 Å². The molecule has 32 heavy (non-hydrogen) atoms. The molecule has 2 heterocycles. The predicted molar refractivity (Wildman–Crippen MR) is 127 cm³/mol. The monoisotopic (exact) mass is 467 g/mol. The van der Waals surface area contributed by atoms with Crippen LogP contribution in [-0.4, -0.2) is 46.7 Å². The number of nitrogens with zero attached hydrogens (tertiary/aromatic N) is 4. The minimum absolute atomic E-state index is 0.290. The molecule has 2 aromatic rings. The average Bonchev–Trinajstić information content (AvgIpc) is 3.18. The first-order valence-electron chi connectivity index (χ1n) is 10.2. The van der Waals surface area contributed by atoms with E-state index in [2.05, 4.69) is 12.1 Å². The van der Waals surface area contributed by atoms with E-state index < -0.39 is 16.8 Å². The van der Waals surface area contributed by atoms with Gasteiger partial charge in [-0.05, 0) is 30.2 Å². The largest absolute Gasteiger partial charge is 0.387 e. The third-order valence-corrected chi connectivity index (χ3v) is 7.55. The predicted octanol–water partition coefficient (Wildman–Crippen LogP) is 3.01. The maximum absolute atomic E-state index is 12.3. The highest BCUT2D eigenvalue weighted by atomic mass is 32.2. The smallest absolute Gasteiger partial charge is 0.235 e. The first-order chi connectivity index (χ1) is 15.4. The fourth-order valence-electron chi connectivity index (χ4n) is 3.95. The summed E-state index contributed by atoms with van der Waals surface area (Å²) in [4.78, 5) is 18.9.